The lowest BCUT2D eigenvalue weighted by molar-refractivity contribution is -0.114. The van der Waals surface area contributed by atoms with Crippen LogP contribution < -0.4 is 0 Å². The molecule has 0 heterocycles. The van der Waals surface area contributed by atoms with E-state index in [1.807, 2.05) is 6.92 Å². The Labute approximate surface area is 77.4 Å². The third kappa shape index (κ3) is 2.18. The average Bonchev–Trinajstić information content (AvgIpc) is 2.03. The van der Waals surface area contributed by atoms with Crippen molar-refractivity contribution in [2.24, 2.45) is 0 Å². The number of carbonyl (C=O) groups excluding carboxylic acids is 1. The van der Waals surface area contributed by atoms with Gasteiger partial charge in [0.25, 0.3) is 0 Å². The van der Waals surface area contributed by atoms with E-state index in [1.165, 1.54) is 19.1 Å². The van der Waals surface area contributed by atoms with E-state index in [9.17, 15) is 15.0 Å². The van der Waals surface area contributed by atoms with Gasteiger partial charge in [0, 0.05) is 12.0 Å². The van der Waals surface area contributed by atoms with Gasteiger partial charge < -0.3 is 10.2 Å². The summed E-state index contributed by atoms with van der Waals surface area (Å²) in [6.07, 6.45) is 3.58. The van der Waals surface area contributed by atoms with Gasteiger partial charge in [0.05, 0.1) is 5.60 Å². The molecule has 1 atom stereocenters. The molecule has 0 bridgehead atoms. The van der Waals surface area contributed by atoms with Crippen molar-refractivity contribution in [3.05, 3.63) is 23.5 Å². The molecule has 2 N–H and O–H groups in total. The van der Waals surface area contributed by atoms with Gasteiger partial charge >= 0.3 is 0 Å². The van der Waals surface area contributed by atoms with E-state index in [0.29, 0.717) is 18.4 Å². The number of aliphatic hydroxyl groups is 2. The third-order valence-electron chi connectivity index (χ3n) is 2.30. The zero-order chi connectivity index (χ0) is 10.1. The maximum Gasteiger partial charge on any atom is 0.156 e. The van der Waals surface area contributed by atoms with Crippen LogP contribution in [-0.2, 0) is 4.79 Å². The molecular weight excluding hydrogens is 168 g/mol. The molecular formula is C10H14O3. The first-order chi connectivity index (χ1) is 5.97. The van der Waals surface area contributed by atoms with Gasteiger partial charge in [0.2, 0.25) is 0 Å². The standard InChI is InChI=1S/C10H14O3/c1-3-10(13)5-8(7(2)11)4-9(12)6-10/h4,6,12-13H,3,5H2,1-2H3. The molecule has 0 saturated carbocycles. The summed E-state index contributed by atoms with van der Waals surface area (Å²) in [7, 11) is 0. The highest BCUT2D eigenvalue weighted by Crippen LogP contribution is 2.28. The molecule has 1 aliphatic carbocycles. The van der Waals surface area contributed by atoms with Gasteiger partial charge in [0.1, 0.15) is 5.76 Å². The van der Waals surface area contributed by atoms with Crippen LogP contribution in [0, 0.1) is 0 Å². The maximum absolute atomic E-state index is 11.0. The number of rotatable bonds is 2. The molecule has 0 aromatic rings. The number of ketones is 1. The van der Waals surface area contributed by atoms with Crippen LogP contribution in [0.25, 0.3) is 0 Å². The average molecular weight is 182 g/mol. The molecule has 1 aliphatic rings. The lowest BCUT2D eigenvalue weighted by atomic mass is 9.86. The summed E-state index contributed by atoms with van der Waals surface area (Å²) in [4.78, 5) is 11.0. The predicted molar refractivity (Wildman–Crippen MR) is 49.3 cm³/mol. The quantitative estimate of drug-likeness (QED) is 0.680. The van der Waals surface area contributed by atoms with E-state index >= 15 is 0 Å². The summed E-state index contributed by atoms with van der Waals surface area (Å²) in [5.74, 6) is -0.132. The molecule has 0 amide bonds. The molecule has 3 nitrogen and oxygen atoms in total. The summed E-state index contributed by atoms with van der Waals surface area (Å²) in [6.45, 7) is 3.24. The largest absolute Gasteiger partial charge is 0.508 e. The lowest BCUT2D eigenvalue weighted by Gasteiger charge is -2.26. The molecule has 3 heteroatoms. The Kier molecular flexibility index (Phi) is 2.57. The smallest absolute Gasteiger partial charge is 0.156 e. The Bertz CT molecular complexity index is 289. The Hall–Kier alpha value is -1.09. The van der Waals surface area contributed by atoms with Crippen molar-refractivity contribution in [2.75, 3.05) is 0 Å². The van der Waals surface area contributed by atoms with Crippen LogP contribution in [0.4, 0.5) is 0 Å². The van der Waals surface area contributed by atoms with Crippen molar-refractivity contribution >= 4 is 5.78 Å². The first kappa shape index (κ1) is 9.99. The van der Waals surface area contributed by atoms with Gasteiger partial charge in [-0.15, -0.1) is 0 Å². The van der Waals surface area contributed by atoms with Crippen molar-refractivity contribution in [1.29, 1.82) is 0 Å². The first-order valence-electron chi connectivity index (χ1n) is 4.32. The van der Waals surface area contributed by atoms with Crippen molar-refractivity contribution in [1.82, 2.24) is 0 Å². The van der Waals surface area contributed by atoms with Crippen LogP contribution in [0.2, 0.25) is 0 Å². The highest BCUT2D eigenvalue weighted by molar-refractivity contribution is 5.94. The number of Topliss-reactive ketones (excluding diaryl/α,β-unsaturated/α-hetero) is 1. The SMILES string of the molecule is CCC1(O)C=C(O)C=C(C(C)=O)C1. The summed E-state index contributed by atoms with van der Waals surface area (Å²) < 4.78 is 0. The van der Waals surface area contributed by atoms with Crippen LogP contribution in [0.3, 0.4) is 0 Å². The van der Waals surface area contributed by atoms with E-state index in [1.54, 1.807) is 0 Å². The van der Waals surface area contributed by atoms with E-state index in [0.717, 1.165) is 0 Å². The van der Waals surface area contributed by atoms with Gasteiger partial charge in [-0.3, -0.25) is 4.79 Å². The van der Waals surface area contributed by atoms with Crippen molar-refractivity contribution < 1.29 is 15.0 Å². The molecule has 0 spiro atoms. The Morgan fingerprint density at radius 1 is 1.69 bits per heavy atom. The third-order valence-corrected chi connectivity index (χ3v) is 2.30. The highest BCUT2D eigenvalue weighted by atomic mass is 16.3. The molecule has 1 unspecified atom stereocenters. The first-order valence-corrected chi connectivity index (χ1v) is 4.32. The number of hydrogen-bond acceptors (Lipinski definition) is 3. The number of carbonyl (C=O) groups is 1. The van der Waals surface area contributed by atoms with Crippen molar-refractivity contribution in [3.63, 3.8) is 0 Å². The molecule has 0 aliphatic heterocycles. The molecule has 0 aromatic carbocycles. The summed E-state index contributed by atoms with van der Waals surface area (Å²) in [5, 5.41) is 19.1. The molecule has 0 aromatic heterocycles. The van der Waals surface area contributed by atoms with E-state index in [-0.39, 0.29) is 11.5 Å². The topological polar surface area (TPSA) is 57.5 Å². The van der Waals surface area contributed by atoms with Crippen LogP contribution in [0.5, 0.6) is 0 Å². The highest BCUT2D eigenvalue weighted by Gasteiger charge is 2.28. The summed E-state index contributed by atoms with van der Waals surface area (Å²) in [6, 6.07) is 0. The molecule has 13 heavy (non-hydrogen) atoms. The van der Waals surface area contributed by atoms with Crippen LogP contribution in [0.1, 0.15) is 26.7 Å². The molecule has 0 radical (unpaired) electrons. The number of hydrogen-bond donors (Lipinski definition) is 2. The van der Waals surface area contributed by atoms with E-state index in [4.69, 9.17) is 0 Å². The monoisotopic (exact) mass is 182 g/mol. The number of allylic oxidation sites excluding steroid dienone is 1. The Morgan fingerprint density at radius 3 is 2.77 bits per heavy atom. The predicted octanol–water partition coefficient (Wildman–Crippen LogP) is 1.49. The second-order valence-corrected chi connectivity index (χ2v) is 3.43. The second-order valence-electron chi connectivity index (χ2n) is 3.43. The van der Waals surface area contributed by atoms with Crippen molar-refractivity contribution in [2.45, 2.75) is 32.3 Å². The van der Waals surface area contributed by atoms with Crippen molar-refractivity contribution in [3.8, 4) is 0 Å². The fourth-order valence-corrected chi connectivity index (χ4v) is 1.38. The molecule has 0 fully saturated rings. The van der Waals surface area contributed by atoms with Crippen LogP contribution in [0.15, 0.2) is 23.5 Å². The van der Waals surface area contributed by atoms with Gasteiger partial charge in [-0.2, -0.15) is 0 Å². The molecule has 0 saturated heterocycles. The maximum atomic E-state index is 11.0. The zero-order valence-corrected chi connectivity index (χ0v) is 7.87. The van der Waals surface area contributed by atoms with Gasteiger partial charge in [-0.25, -0.2) is 0 Å². The number of aliphatic hydroxyl groups excluding tert-OH is 1. The Balaban J connectivity index is 2.96. The van der Waals surface area contributed by atoms with Gasteiger partial charge in [0.15, 0.2) is 5.78 Å². The fraction of sp³-hybridized carbons (Fsp3) is 0.500. The lowest BCUT2D eigenvalue weighted by Crippen LogP contribution is -2.29. The van der Waals surface area contributed by atoms with E-state index < -0.39 is 5.60 Å². The normalized spacial score (nSPS) is 27.9. The second kappa shape index (κ2) is 3.34. The minimum absolute atomic E-state index is 0.0270. The fourth-order valence-electron chi connectivity index (χ4n) is 1.38. The van der Waals surface area contributed by atoms with Gasteiger partial charge in [-0.1, -0.05) is 6.92 Å². The molecule has 1 rings (SSSR count). The summed E-state index contributed by atoms with van der Waals surface area (Å²) in [5.41, 5.74) is -0.579. The van der Waals surface area contributed by atoms with Crippen LogP contribution >= 0.6 is 0 Å². The van der Waals surface area contributed by atoms with Gasteiger partial charge in [-0.05, 0) is 25.5 Å². The van der Waals surface area contributed by atoms with E-state index in [2.05, 4.69) is 0 Å². The minimum Gasteiger partial charge on any atom is -0.508 e. The minimum atomic E-state index is -1.06. The van der Waals surface area contributed by atoms with Crippen LogP contribution in [-0.4, -0.2) is 21.6 Å². The zero-order valence-electron chi connectivity index (χ0n) is 7.87. The Morgan fingerprint density at radius 2 is 2.31 bits per heavy atom. The summed E-state index contributed by atoms with van der Waals surface area (Å²) >= 11 is 0. The molecule has 72 valence electrons.